The summed E-state index contributed by atoms with van der Waals surface area (Å²) in [5, 5.41) is 3.09. The van der Waals surface area contributed by atoms with Gasteiger partial charge in [-0.2, -0.15) is 0 Å². The molecule has 28 heavy (non-hydrogen) atoms. The minimum Gasteiger partial charge on any atom is -0.472 e. The van der Waals surface area contributed by atoms with Gasteiger partial charge in [0.05, 0.1) is 18.9 Å². The van der Waals surface area contributed by atoms with Gasteiger partial charge in [-0.25, -0.2) is 9.78 Å². The van der Waals surface area contributed by atoms with Crippen LogP contribution >= 0.6 is 11.9 Å². The number of benzene rings is 1. The fraction of sp³-hybridized carbons (Fsp3) is 0.429. The van der Waals surface area contributed by atoms with Crippen LogP contribution in [0.15, 0.2) is 24.4 Å². The molecule has 1 aromatic carbocycles. The molecule has 2 N–H and O–H groups in total. The molecule has 2 aliphatic rings. The number of ether oxygens (including phenoxy) is 2. The maximum atomic E-state index is 12.3. The molecule has 0 radical (unpaired) electrons. The third-order valence-corrected chi connectivity index (χ3v) is 5.62. The van der Waals surface area contributed by atoms with Crippen LogP contribution < -0.4 is 14.8 Å². The van der Waals surface area contributed by atoms with Gasteiger partial charge in [-0.3, -0.25) is 4.72 Å². The third kappa shape index (κ3) is 3.95. The van der Waals surface area contributed by atoms with Crippen LogP contribution in [0.25, 0.3) is 11.1 Å². The van der Waals surface area contributed by atoms with Gasteiger partial charge in [-0.05, 0) is 54.5 Å². The Bertz CT molecular complexity index is 881. The molecule has 1 atom stereocenters. The second-order valence-corrected chi connectivity index (χ2v) is 7.79. The van der Waals surface area contributed by atoms with Gasteiger partial charge < -0.3 is 14.8 Å². The van der Waals surface area contributed by atoms with Crippen molar-refractivity contribution in [3.05, 3.63) is 41.1 Å². The molecular weight excluding hydrogens is 374 g/mol. The lowest BCUT2D eigenvalue weighted by Gasteiger charge is -2.19. The van der Waals surface area contributed by atoms with Crippen LogP contribution in [-0.2, 0) is 17.6 Å². The number of aryl methyl sites for hydroxylation is 2. The summed E-state index contributed by atoms with van der Waals surface area (Å²) in [6, 6.07) is 5.97. The van der Waals surface area contributed by atoms with E-state index in [-0.39, 0.29) is 12.1 Å². The van der Waals surface area contributed by atoms with Gasteiger partial charge in [0.2, 0.25) is 5.88 Å². The van der Waals surface area contributed by atoms with Crippen LogP contribution in [-0.4, -0.2) is 36.6 Å². The van der Waals surface area contributed by atoms with E-state index in [1.165, 1.54) is 23.1 Å². The molecule has 1 aromatic heterocycles. The molecule has 2 aromatic rings. The van der Waals surface area contributed by atoms with Crippen molar-refractivity contribution in [1.82, 2.24) is 9.71 Å². The summed E-state index contributed by atoms with van der Waals surface area (Å²) in [7, 11) is 0. The standard InChI is InChI=1S/C21H25N3O3S/c1-13-10-14-4-3-5-17(14)20(23-21(25)24-28-2)19(13)15-6-8-22-18(11-15)27-16-7-9-26-12-16/h6,8,10-11,16H,3-5,7,9,12H2,1-2H3,(H2,23,24,25). The maximum Gasteiger partial charge on any atom is 0.329 e. The number of urea groups is 1. The lowest BCUT2D eigenvalue weighted by molar-refractivity contribution is 0.138. The van der Waals surface area contributed by atoms with E-state index in [1.54, 1.807) is 6.20 Å². The summed E-state index contributed by atoms with van der Waals surface area (Å²) in [5.41, 5.74) is 6.64. The zero-order chi connectivity index (χ0) is 19.5. The first kappa shape index (κ1) is 19.1. The normalized spacial score (nSPS) is 18.0. The monoisotopic (exact) mass is 399 g/mol. The number of hydrogen-bond acceptors (Lipinski definition) is 5. The molecular formula is C21H25N3O3S. The topological polar surface area (TPSA) is 72.5 Å². The Morgan fingerprint density at radius 1 is 1.36 bits per heavy atom. The van der Waals surface area contributed by atoms with Gasteiger partial charge in [0.25, 0.3) is 0 Å². The zero-order valence-electron chi connectivity index (χ0n) is 16.2. The van der Waals surface area contributed by atoms with E-state index in [9.17, 15) is 4.79 Å². The highest BCUT2D eigenvalue weighted by Crippen LogP contribution is 2.40. The van der Waals surface area contributed by atoms with Crippen molar-refractivity contribution >= 4 is 23.7 Å². The SMILES string of the molecule is CSNC(=O)Nc1c2c(cc(C)c1-c1ccnc(OC3CCOC3)c1)CCC2. The number of rotatable bonds is 5. The summed E-state index contributed by atoms with van der Waals surface area (Å²) in [6.45, 7) is 3.43. The van der Waals surface area contributed by atoms with Crippen molar-refractivity contribution in [3.8, 4) is 17.0 Å². The van der Waals surface area contributed by atoms with Gasteiger partial charge in [-0.1, -0.05) is 18.0 Å². The van der Waals surface area contributed by atoms with Gasteiger partial charge >= 0.3 is 6.03 Å². The molecule has 148 valence electrons. The van der Waals surface area contributed by atoms with E-state index in [4.69, 9.17) is 9.47 Å². The first-order valence-corrected chi connectivity index (χ1v) is 10.8. The number of pyridine rings is 1. The Hall–Kier alpha value is -2.25. The van der Waals surface area contributed by atoms with Crippen LogP contribution in [0.2, 0.25) is 0 Å². The van der Waals surface area contributed by atoms with E-state index < -0.39 is 0 Å². The number of hydrogen-bond donors (Lipinski definition) is 2. The van der Waals surface area contributed by atoms with E-state index in [2.05, 4.69) is 28.0 Å². The highest BCUT2D eigenvalue weighted by molar-refractivity contribution is 7.97. The molecule has 1 saturated heterocycles. The molecule has 0 saturated carbocycles. The predicted molar refractivity (Wildman–Crippen MR) is 112 cm³/mol. The first-order chi connectivity index (χ1) is 13.7. The number of amides is 2. The lowest BCUT2D eigenvalue weighted by atomic mass is 9.93. The summed E-state index contributed by atoms with van der Waals surface area (Å²) in [6.07, 6.45) is 7.68. The van der Waals surface area contributed by atoms with E-state index in [1.807, 2.05) is 18.4 Å². The molecule has 6 nitrogen and oxygen atoms in total. The maximum absolute atomic E-state index is 12.3. The molecule has 0 bridgehead atoms. The number of nitrogens with zero attached hydrogens (tertiary/aromatic N) is 1. The van der Waals surface area contributed by atoms with Crippen LogP contribution in [0.4, 0.5) is 10.5 Å². The molecule has 7 heteroatoms. The largest absolute Gasteiger partial charge is 0.472 e. The van der Waals surface area contributed by atoms with Gasteiger partial charge in [-0.15, -0.1) is 0 Å². The Balaban J connectivity index is 1.73. The molecule has 0 spiro atoms. The van der Waals surface area contributed by atoms with Crippen LogP contribution in [0.5, 0.6) is 5.88 Å². The van der Waals surface area contributed by atoms with E-state index in [0.717, 1.165) is 54.7 Å². The number of aromatic nitrogens is 1. The third-order valence-electron chi connectivity index (χ3n) is 5.23. The minimum absolute atomic E-state index is 0.0498. The molecule has 1 fully saturated rings. The smallest absolute Gasteiger partial charge is 0.329 e. The predicted octanol–water partition coefficient (Wildman–Crippen LogP) is 4.11. The van der Waals surface area contributed by atoms with E-state index >= 15 is 0 Å². The molecule has 1 aliphatic heterocycles. The molecule has 2 amide bonds. The number of carbonyl (C=O) groups excluding carboxylic acids is 1. The van der Waals surface area contributed by atoms with Crippen molar-refractivity contribution in [2.24, 2.45) is 0 Å². The molecule has 1 unspecified atom stereocenters. The zero-order valence-corrected chi connectivity index (χ0v) is 17.0. The van der Waals surface area contributed by atoms with Crippen molar-refractivity contribution < 1.29 is 14.3 Å². The Labute approximate surface area is 169 Å². The Kier molecular flexibility index (Phi) is 5.73. The van der Waals surface area contributed by atoms with Crippen LogP contribution in [0, 0.1) is 6.92 Å². The molecule has 1 aliphatic carbocycles. The molecule has 2 heterocycles. The first-order valence-electron chi connectivity index (χ1n) is 9.62. The van der Waals surface area contributed by atoms with Gasteiger partial charge in [0, 0.05) is 30.5 Å². The van der Waals surface area contributed by atoms with Crippen LogP contribution in [0.1, 0.15) is 29.5 Å². The number of carbonyl (C=O) groups is 1. The summed E-state index contributed by atoms with van der Waals surface area (Å²) < 4.78 is 14.1. The second-order valence-electron chi connectivity index (χ2n) is 7.18. The molecule has 4 rings (SSSR count). The number of fused-ring (bicyclic) bond motifs is 1. The van der Waals surface area contributed by atoms with Gasteiger partial charge in [0.1, 0.15) is 6.10 Å². The number of nitrogens with one attached hydrogen (secondary N) is 2. The Morgan fingerprint density at radius 3 is 3.04 bits per heavy atom. The van der Waals surface area contributed by atoms with E-state index in [0.29, 0.717) is 12.5 Å². The second kappa shape index (κ2) is 8.41. The summed E-state index contributed by atoms with van der Waals surface area (Å²) in [4.78, 5) is 16.7. The quantitative estimate of drug-likeness (QED) is 0.740. The number of anilines is 1. The van der Waals surface area contributed by atoms with Gasteiger partial charge in [0.15, 0.2) is 0 Å². The summed E-state index contributed by atoms with van der Waals surface area (Å²) >= 11 is 1.28. The summed E-state index contributed by atoms with van der Waals surface area (Å²) in [5.74, 6) is 0.590. The van der Waals surface area contributed by atoms with Crippen molar-refractivity contribution in [2.45, 2.75) is 38.7 Å². The fourth-order valence-corrected chi connectivity index (χ4v) is 4.28. The Morgan fingerprint density at radius 2 is 2.25 bits per heavy atom. The minimum atomic E-state index is -0.206. The van der Waals surface area contributed by atoms with Crippen molar-refractivity contribution in [3.63, 3.8) is 0 Å². The highest BCUT2D eigenvalue weighted by Gasteiger charge is 2.23. The lowest BCUT2D eigenvalue weighted by Crippen LogP contribution is -2.23. The van der Waals surface area contributed by atoms with Crippen molar-refractivity contribution in [1.29, 1.82) is 0 Å². The average Bonchev–Trinajstić information content (AvgIpc) is 3.34. The average molecular weight is 400 g/mol. The van der Waals surface area contributed by atoms with Crippen molar-refractivity contribution in [2.75, 3.05) is 24.8 Å². The van der Waals surface area contributed by atoms with Crippen LogP contribution in [0.3, 0.4) is 0 Å². The highest BCUT2D eigenvalue weighted by atomic mass is 32.2. The fourth-order valence-electron chi connectivity index (χ4n) is 4.04.